The Balaban J connectivity index is 1.96. The molecule has 1 heterocycles. The fourth-order valence-electron chi connectivity index (χ4n) is 3.69. The first-order valence-corrected chi connectivity index (χ1v) is 11.0. The first-order valence-electron chi connectivity index (χ1n) is 11.0. The summed E-state index contributed by atoms with van der Waals surface area (Å²) in [5.74, 6) is -2.34. The van der Waals surface area contributed by atoms with Crippen LogP contribution >= 0.6 is 0 Å². The second-order valence-corrected chi connectivity index (χ2v) is 8.33. The molecule has 3 rings (SSSR count). The average molecular weight is 537 g/mol. The number of carboxylic acids is 1. The number of carboxylic acid groups (broad SMARTS) is 1. The van der Waals surface area contributed by atoms with Gasteiger partial charge in [0.25, 0.3) is 5.56 Å². The van der Waals surface area contributed by atoms with E-state index >= 15 is 0 Å². The van der Waals surface area contributed by atoms with E-state index in [9.17, 15) is 42.2 Å². The second-order valence-electron chi connectivity index (χ2n) is 8.33. The molecule has 0 radical (unpaired) electrons. The van der Waals surface area contributed by atoms with Crippen LogP contribution in [0.5, 0.6) is 11.5 Å². The number of aliphatic carboxylic acids is 1. The van der Waals surface area contributed by atoms with E-state index in [1.54, 1.807) is 6.92 Å². The minimum absolute atomic E-state index is 0.0716. The third-order valence-corrected chi connectivity index (χ3v) is 5.54. The smallest absolute Gasteiger partial charge is 0.505 e. The molecule has 1 atom stereocenters. The fourth-order valence-corrected chi connectivity index (χ4v) is 3.69. The summed E-state index contributed by atoms with van der Waals surface area (Å²) in [5, 5.41) is 24.1. The molecule has 0 aliphatic carbocycles. The van der Waals surface area contributed by atoms with Crippen molar-refractivity contribution in [3.8, 4) is 22.6 Å². The number of aromatic nitrogens is 1. The molecule has 1 aromatic heterocycles. The molecule has 0 spiro atoms. The molecule has 0 fully saturated rings. The second kappa shape index (κ2) is 11.2. The molecular weight excluding hydrogens is 514 g/mol. The third kappa shape index (κ3) is 7.02. The molecule has 0 aliphatic rings. The van der Waals surface area contributed by atoms with Crippen LogP contribution in [0, 0.1) is 6.92 Å². The van der Waals surface area contributed by atoms with Crippen LogP contribution < -0.4 is 20.9 Å². The Hall–Kier alpha value is -4.55. The first kappa shape index (κ1) is 28.0. The van der Waals surface area contributed by atoms with E-state index < -0.39 is 60.2 Å². The number of benzene rings is 2. The van der Waals surface area contributed by atoms with Gasteiger partial charge in [-0.1, -0.05) is 18.2 Å². The van der Waals surface area contributed by atoms with Gasteiger partial charge in [-0.05, 0) is 53.4 Å². The van der Waals surface area contributed by atoms with Crippen molar-refractivity contribution in [3.05, 3.63) is 75.7 Å². The number of amides is 2. The number of carbonyl (C=O) groups excluding carboxylic acids is 1. The summed E-state index contributed by atoms with van der Waals surface area (Å²) in [7, 11) is 1.42. The lowest BCUT2D eigenvalue weighted by Gasteiger charge is -2.20. The zero-order chi connectivity index (χ0) is 28.2. The summed E-state index contributed by atoms with van der Waals surface area (Å²) in [4.78, 5) is 36.7. The van der Waals surface area contributed by atoms with Crippen LogP contribution in [0.15, 0.2) is 53.3 Å². The lowest BCUT2D eigenvalue weighted by Crippen LogP contribution is -2.36. The molecule has 38 heavy (non-hydrogen) atoms. The number of pyridine rings is 1. The molecule has 0 aliphatic heterocycles. The maximum Gasteiger partial charge on any atom is 0.573 e. The van der Waals surface area contributed by atoms with Gasteiger partial charge in [0.1, 0.15) is 18.2 Å². The lowest BCUT2D eigenvalue weighted by molar-refractivity contribution is -0.274. The lowest BCUT2D eigenvalue weighted by atomic mass is 9.95. The summed E-state index contributed by atoms with van der Waals surface area (Å²) in [6.07, 6.45) is -5.58. The van der Waals surface area contributed by atoms with Crippen molar-refractivity contribution in [1.82, 2.24) is 9.88 Å². The monoisotopic (exact) mass is 537 g/mol. The Bertz CT molecular complexity index is 1420. The Morgan fingerprint density at radius 2 is 1.82 bits per heavy atom. The predicted octanol–water partition coefficient (Wildman–Crippen LogP) is 4.77. The number of alkyl halides is 4. The normalized spacial score (nSPS) is 12.1. The molecule has 2 aromatic carbocycles. The number of anilines is 1. The minimum atomic E-state index is -4.93. The van der Waals surface area contributed by atoms with E-state index in [2.05, 4.69) is 15.4 Å². The Morgan fingerprint density at radius 3 is 2.45 bits per heavy atom. The summed E-state index contributed by atoms with van der Waals surface area (Å²) in [6.45, 7) is 0.576. The van der Waals surface area contributed by atoms with Crippen molar-refractivity contribution in [2.75, 3.05) is 5.32 Å². The number of carbonyl (C=O) groups is 2. The quantitative estimate of drug-likeness (QED) is 0.306. The average Bonchev–Trinajstić information content (AvgIpc) is 2.83. The zero-order valence-electron chi connectivity index (χ0n) is 20.1. The molecule has 0 saturated heterocycles. The molecule has 13 heteroatoms. The van der Waals surface area contributed by atoms with Gasteiger partial charge in [0.05, 0.1) is 12.5 Å². The van der Waals surface area contributed by atoms with Gasteiger partial charge in [-0.15, -0.1) is 13.2 Å². The number of ether oxygens (including phenoxy) is 1. The van der Waals surface area contributed by atoms with Crippen LogP contribution in [0.4, 0.5) is 28.0 Å². The molecule has 9 nitrogen and oxygen atoms in total. The highest BCUT2D eigenvalue weighted by Gasteiger charge is 2.31. The van der Waals surface area contributed by atoms with Crippen LogP contribution in [0.1, 0.15) is 29.3 Å². The number of halogens is 4. The van der Waals surface area contributed by atoms with Gasteiger partial charge in [0.15, 0.2) is 5.69 Å². The molecule has 202 valence electrons. The number of nitrogens with zero attached hydrogens (tertiary/aromatic N) is 1. The van der Waals surface area contributed by atoms with Gasteiger partial charge < -0.3 is 30.2 Å². The number of rotatable bonds is 8. The minimum Gasteiger partial charge on any atom is -0.505 e. The van der Waals surface area contributed by atoms with E-state index in [4.69, 9.17) is 0 Å². The molecule has 0 bridgehead atoms. The van der Waals surface area contributed by atoms with E-state index in [0.29, 0.717) is 5.69 Å². The number of nitrogens with one attached hydrogen (secondary N) is 2. The van der Waals surface area contributed by atoms with Crippen molar-refractivity contribution in [2.45, 2.75) is 32.4 Å². The van der Waals surface area contributed by atoms with Gasteiger partial charge in [-0.25, -0.2) is 9.18 Å². The summed E-state index contributed by atoms with van der Waals surface area (Å²) in [5.41, 5.74) is -0.0691. The van der Waals surface area contributed by atoms with Gasteiger partial charge in [-0.3, -0.25) is 9.59 Å². The molecule has 0 unspecified atom stereocenters. The van der Waals surface area contributed by atoms with Crippen LogP contribution in [0.2, 0.25) is 0 Å². The van der Waals surface area contributed by atoms with Crippen molar-refractivity contribution >= 4 is 17.7 Å². The highest BCUT2D eigenvalue weighted by Crippen LogP contribution is 2.31. The van der Waals surface area contributed by atoms with Gasteiger partial charge in [0, 0.05) is 18.8 Å². The number of aromatic hydroxyl groups is 1. The number of hydrogen-bond donors (Lipinski definition) is 4. The van der Waals surface area contributed by atoms with Crippen LogP contribution in [0.25, 0.3) is 11.1 Å². The van der Waals surface area contributed by atoms with Crippen molar-refractivity contribution in [2.24, 2.45) is 7.05 Å². The van der Waals surface area contributed by atoms with Gasteiger partial charge >= 0.3 is 18.4 Å². The molecule has 2 amide bonds. The Morgan fingerprint density at radius 1 is 1.11 bits per heavy atom. The number of hydrogen-bond acceptors (Lipinski definition) is 5. The predicted molar refractivity (Wildman–Crippen MR) is 129 cm³/mol. The molecule has 0 saturated carbocycles. The van der Waals surface area contributed by atoms with Crippen LogP contribution in [-0.4, -0.2) is 33.1 Å². The first-order chi connectivity index (χ1) is 17.8. The standard InChI is InChI=1S/C25H23F4N3O6/c1-13-6-20(33)22(23(36)32(13)2)31-24(37)30-19(11-21(34)35)17-8-14(12-26)7-16(9-17)15-4-3-5-18(10-15)38-25(27,28)29/h3-10,19,33H,11-12H2,1-2H3,(H,34,35)(H2,30,31,37)/t19-/m0/s1. The highest BCUT2D eigenvalue weighted by molar-refractivity contribution is 5.91. The van der Waals surface area contributed by atoms with Crippen molar-refractivity contribution in [1.29, 1.82) is 0 Å². The maximum atomic E-state index is 13.7. The third-order valence-electron chi connectivity index (χ3n) is 5.54. The topological polar surface area (TPSA) is 130 Å². The zero-order valence-corrected chi connectivity index (χ0v) is 20.1. The highest BCUT2D eigenvalue weighted by atomic mass is 19.4. The van der Waals surface area contributed by atoms with Crippen LogP contribution in [0.3, 0.4) is 0 Å². The van der Waals surface area contributed by atoms with Gasteiger partial charge in [-0.2, -0.15) is 0 Å². The van der Waals surface area contributed by atoms with E-state index in [1.165, 1.54) is 48.0 Å². The Labute approximate surface area is 213 Å². The van der Waals surface area contributed by atoms with Crippen LogP contribution in [-0.2, 0) is 18.5 Å². The summed E-state index contributed by atoms with van der Waals surface area (Å²) in [6, 6.07) is 7.95. The molecule has 3 aromatic rings. The van der Waals surface area contributed by atoms with Crippen molar-refractivity contribution < 1.29 is 42.1 Å². The molecular formula is C25H23F4N3O6. The fraction of sp³-hybridized carbons (Fsp3) is 0.240. The summed E-state index contributed by atoms with van der Waals surface area (Å²) >= 11 is 0. The largest absolute Gasteiger partial charge is 0.573 e. The van der Waals surface area contributed by atoms with Crippen molar-refractivity contribution in [3.63, 3.8) is 0 Å². The SMILES string of the molecule is Cc1cc(O)c(NC(=O)N[C@@H](CC(=O)O)c2cc(CF)cc(-c3cccc(OC(F)(F)F)c3)c2)c(=O)n1C. The molecule has 4 N–H and O–H groups in total. The summed E-state index contributed by atoms with van der Waals surface area (Å²) < 4.78 is 56.7. The van der Waals surface area contributed by atoms with E-state index in [0.717, 1.165) is 12.1 Å². The number of aryl methyl sites for hydroxylation is 1. The number of urea groups is 1. The Kier molecular flexibility index (Phi) is 8.29. The van der Waals surface area contributed by atoms with E-state index in [-0.39, 0.29) is 22.3 Å². The van der Waals surface area contributed by atoms with Gasteiger partial charge in [0.2, 0.25) is 0 Å². The van der Waals surface area contributed by atoms with E-state index in [1.807, 2.05) is 0 Å². The maximum absolute atomic E-state index is 13.7.